The van der Waals surface area contributed by atoms with Crippen LogP contribution < -0.4 is 14.2 Å². The largest absolute Gasteiger partial charge is 0.489 e. The second-order valence-electron chi connectivity index (χ2n) is 14.1. The molecule has 53 heavy (non-hydrogen) atoms. The number of aromatic nitrogens is 1. The van der Waals surface area contributed by atoms with Gasteiger partial charge >= 0.3 is 0 Å². The van der Waals surface area contributed by atoms with E-state index in [-0.39, 0.29) is 5.91 Å². The minimum atomic E-state index is 0.00772. The Morgan fingerprint density at radius 3 is 2.00 bits per heavy atom. The SMILES string of the molecule is C/C(=C\C(=O)N1CCN(Cc2ccc(COc3ccc(C(C)C)cc3)cc2)CC1)c1cc(C)c(Oc2ccc(OCc3ccc(C)cc3)cn2)c(Cl)c1. The zero-order valence-electron chi connectivity index (χ0n) is 31.3. The third-order valence-corrected chi connectivity index (χ3v) is 9.81. The zero-order valence-corrected chi connectivity index (χ0v) is 32.0. The van der Waals surface area contributed by atoms with Crippen LogP contribution in [0.5, 0.6) is 23.1 Å². The fourth-order valence-electron chi connectivity index (χ4n) is 6.16. The van der Waals surface area contributed by atoms with Crippen LogP contribution in [-0.4, -0.2) is 46.9 Å². The van der Waals surface area contributed by atoms with Crippen molar-refractivity contribution in [3.63, 3.8) is 0 Å². The summed E-state index contributed by atoms with van der Waals surface area (Å²) in [4.78, 5) is 22.0. The van der Waals surface area contributed by atoms with Crippen LogP contribution in [0.1, 0.15) is 65.6 Å². The van der Waals surface area contributed by atoms with E-state index in [1.54, 1.807) is 18.3 Å². The smallest absolute Gasteiger partial charge is 0.246 e. The number of hydrogen-bond donors (Lipinski definition) is 0. The molecule has 1 aromatic heterocycles. The number of pyridine rings is 1. The summed E-state index contributed by atoms with van der Waals surface area (Å²) in [6, 6.07) is 32.6. The Labute approximate surface area is 318 Å². The minimum absolute atomic E-state index is 0.00772. The van der Waals surface area contributed by atoms with Gasteiger partial charge in [0.15, 0.2) is 5.75 Å². The Kier molecular flexibility index (Phi) is 12.5. The van der Waals surface area contributed by atoms with Gasteiger partial charge < -0.3 is 19.1 Å². The molecule has 274 valence electrons. The van der Waals surface area contributed by atoms with Crippen LogP contribution in [0.25, 0.3) is 5.57 Å². The number of amides is 1. The van der Waals surface area contributed by atoms with Crippen molar-refractivity contribution < 1.29 is 19.0 Å². The van der Waals surface area contributed by atoms with Gasteiger partial charge in [-0.2, -0.15) is 0 Å². The quantitative estimate of drug-likeness (QED) is 0.112. The van der Waals surface area contributed by atoms with Gasteiger partial charge in [0, 0.05) is 44.9 Å². The Balaban J connectivity index is 0.960. The molecule has 0 bridgehead atoms. The van der Waals surface area contributed by atoms with Crippen molar-refractivity contribution in [1.82, 2.24) is 14.8 Å². The molecule has 2 heterocycles. The predicted octanol–water partition coefficient (Wildman–Crippen LogP) is 10.2. The number of rotatable bonds is 13. The Morgan fingerprint density at radius 1 is 0.792 bits per heavy atom. The first-order chi connectivity index (χ1) is 25.6. The summed E-state index contributed by atoms with van der Waals surface area (Å²) in [7, 11) is 0. The Hall–Kier alpha value is -5.11. The summed E-state index contributed by atoms with van der Waals surface area (Å²) < 4.78 is 17.9. The molecule has 6 rings (SSSR count). The number of hydrogen-bond acceptors (Lipinski definition) is 6. The number of halogens is 1. The third kappa shape index (κ3) is 10.5. The van der Waals surface area contributed by atoms with E-state index in [1.165, 1.54) is 16.7 Å². The second-order valence-corrected chi connectivity index (χ2v) is 14.5. The lowest BCUT2D eigenvalue weighted by Gasteiger charge is -2.34. The molecular weight excluding hydrogens is 682 g/mol. The van der Waals surface area contributed by atoms with Crippen LogP contribution in [0, 0.1) is 13.8 Å². The van der Waals surface area contributed by atoms with Gasteiger partial charge in [-0.25, -0.2) is 4.98 Å². The number of nitrogens with zero attached hydrogens (tertiary/aromatic N) is 3. The molecule has 0 atom stereocenters. The summed E-state index contributed by atoms with van der Waals surface area (Å²) in [5.41, 5.74) is 8.57. The monoisotopic (exact) mass is 729 g/mol. The molecule has 1 saturated heterocycles. The number of aryl methyl sites for hydroxylation is 2. The number of ether oxygens (including phenoxy) is 3. The molecule has 1 amide bonds. The Morgan fingerprint density at radius 2 is 1.40 bits per heavy atom. The zero-order chi connectivity index (χ0) is 37.3. The molecule has 1 fully saturated rings. The van der Waals surface area contributed by atoms with Crippen LogP contribution in [0.3, 0.4) is 0 Å². The maximum absolute atomic E-state index is 13.3. The van der Waals surface area contributed by atoms with E-state index in [4.69, 9.17) is 25.8 Å². The predicted molar refractivity (Wildman–Crippen MR) is 213 cm³/mol. The van der Waals surface area contributed by atoms with Crippen molar-refractivity contribution in [2.45, 2.75) is 60.3 Å². The van der Waals surface area contributed by atoms with Crippen molar-refractivity contribution >= 4 is 23.1 Å². The molecule has 0 spiro atoms. The molecule has 7 nitrogen and oxygen atoms in total. The molecule has 0 aliphatic carbocycles. The molecule has 0 unspecified atom stereocenters. The summed E-state index contributed by atoms with van der Waals surface area (Å²) in [6.07, 6.45) is 3.35. The van der Waals surface area contributed by atoms with Gasteiger partial charge in [0.25, 0.3) is 0 Å². The summed E-state index contributed by atoms with van der Waals surface area (Å²) in [5.74, 6) is 2.99. The maximum Gasteiger partial charge on any atom is 0.246 e. The molecule has 0 radical (unpaired) electrons. The first-order valence-electron chi connectivity index (χ1n) is 18.2. The lowest BCUT2D eigenvalue weighted by molar-refractivity contribution is -0.127. The van der Waals surface area contributed by atoms with E-state index in [0.717, 1.165) is 53.2 Å². The molecular formula is C45H48ClN3O4. The van der Waals surface area contributed by atoms with Crippen molar-refractivity contribution in [3.8, 4) is 23.1 Å². The van der Waals surface area contributed by atoms with E-state index < -0.39 is 0 Å². The van der Waals surface area contributed by atoms with E-state index in [2.05, 4.69) is 91.3 Å². The van der Waals surface area contributed by atoms with E-state index in [9.17, 15) is 4.79 Å². The molecule has 4 aromatic carbocycles. The van der Waals surface area contributed by atoms with Gasteiger partial charge in [0.2, 0.25) is 11.8 Å². The molecule has 0 N–H and O–H groups in total. The average Bonchev–Trinajstić information content (AvgIpc) is 3.16. The van der Waals surface area contributed by atoms with Gasteiger partial charge in [0.05, 0.1) is 11.2 Å². The highest BCUT2D eigenvalue weighted by atomic mass is 35.5. The maximum atomic E-state index is 13.3. The molecule has 1 aliphatic rings. The summed E-state index contributed by atoms with van der Waals surface area (Å²) >= 11 is 6.71. The van der Waals surface area contributed by atoms with Crippen LogP contribution in [0.15, 0.2) is 109 Å². The lowest BCUT2D eigenvalue weighted by Crippen LogP contribution is -2.47. The van der Waals surface area contributed by atoms with Gasteiger partial charge in [0.1, 0.15) is 24.7 Å². The topological polar surface area (TPSA) is 64.1 Å². The molecule has 8 heteroatoms. The highest BCUT2D eigenvalue weighted by Gasteiger charge is 2.21. The van der Waals surface area contributed by atoms with Gasteiger partial charge in [-0.3, -0.25) is 9.69 Å². The lowest BCUT2D eigenvalue weighted by atomic mass is 10.0. The van der Waals surface area contributed by atoms with Crippen molar-refractivity contribution in [3.05, 3.63) is 153 Å². The number of benzene rings is 4. The first-order valence-corrected chi connectivity index (χ1v) is 18.6. The third-order valence-electron chi connectivity index (χ3n) is 9.53. The Bertz CT molecular complexity index is 1980. The first kappa shape index (κ1) is 37.6. The van der Waals surface area contributed by atoms with Gasteiger partial charge in [-0.05, 0) is 96.0 Å². The van der Waals surface area contributed by atoms with Crippen molar-refractivity contribution in [1.29, 1.82) is 0 Å². The minimum Gasteiger partial charge on any atom is -0.489 e. The highest BCUT2D eigenvalue weighted by molar-refractivity contribution is 6.32. The fraction of sp³-hybridized carbons (Fsp3) is 0.289. The standard InChI is InChI=1S/C45H48ClN3O4/c1-31(2)38-14-16-40(17-15-38)51-29-37-12-10-35(11-13-37)28-48-20-22-49(23-21-48)44(50)25-33(4)39-24-34(5)45(42(46)26-39)53-43-19-18-41(27-47-43)52-30-36-8-6-32(3)7-9-36/h6-19,24-27,31H,20-23,28-30H2,1-5H3/b33-25+. The van der Waals surface area contributed by atoms with Crippen LogP contribution in [0.2, 0.25) is 5.02 Å². The normalized spacial score (nSPS) is 13.6. The average molecular weight is 730 g/mol. The fourth-order valence-corrected chi connectivity index (χ4v) is 6.46. The van der Waals surface area contributed by atoms with Crippen molar-refractivity contribution in [2.75, 3.05) is 26.2 Å². The molecule has 5 aromatic rings. The number of piperazine rings is 1. The summed E-state index contributed by atoms with van der Waals surface area (Å²) in [6.45, 7) is 15.2. The number of allylic oxidation sites excluding steroid dienone is 1. The van der Waals surface area contributed by atoms with Gasteiger partial charge in [-0.15, -0.1) is 0 Å². The second kappa shape index (κ2) is 17.6. The highest BCUT2D eigenvalue weighted by Crippen LogP contribution is 2.35. The van der Waals surface area contributed by atoms with Crippen molar-refractivity contribution in [2.24, 2.45) is 0 Å². The summed E-state index contributed by atoms with van der Waals surface area (Å²) in [5, 5.41) is 0.451. The van der Waals surface area contributed by atoms with E-state index in [1.807, 2.05) is 49.1 Å². The van der Waals surface area contributed by atoms with Gasteiger partial charge in [-0.1, -0.05) is 91.7 Å². The molecule has 1 aliphatic heterocycles. The van der Waals surface area contributed by atoms with Crippen LogP contribution in [-0.2, 0) is 24.6 Å². The number of carbonyl (C=O) groups excluding carboxylic acids is 1. The molecule has 0 saturated carbocycles. The van der Waals surface area contributed by atoms with Crippen LogP contribution in [0.4, 0.5) is 0 Å². The van der Waals surface area contributed by atoms with Crippen LogP contribution >= 0.6 is 11.6 Å². The number of carbonyl (C=O) groups is 1. The van der Waals surface area contributed by atoms with E-state index in [0.29, 0.717) is 54.6 Å². The van der Waals surface area contributed by atoms with E-state index >= 15 is 0 Å².